The molecule has 0 aliphatic heterocycles. The molecule has 0 unspecified atom stereocenters. The fraction of sp³-hybridized carbons (Fsp3) is 0.476. The second-order valence-electron chi connectivity index (χ2n) is 6.79. The van der Waals surface area contributed by atoms with Gasteiger partial charge in [0.25, 0.3) is 0 Å². The maximum Gasteiger partial charge on any atom is 0.0406 e. The number of rotatable bonds is 7. The van der Waals surface area contributed by atoms with Gasteiger partial charge in [0.2, 0.25) is 0 Å². The van der Waals surface area contributed by atoms with Crippen molar-refractivity contribution in [2.75, 3.05) is 5.73 Å². The molecule has 0 atom stereocenters. The molecule has 0 bridgehead atoms. The van der Waals surface area contributed by atoms with Gasteiger partial charge in [-0.25, -0.2) is 0 Å². The molecule has 1 fully saturated rings. The van der Waals surface area contributed by atoms with E-state index in [1.54, 1.807) is 0 Å². The van der Waals surface area contributed by atoms with Crippen molar-refractivity contribution in [1.82, 2.24) is 0 Å². The van der Waals surface area contributed by atoms with Crippen LogP contribution in [0.5, 0.6) is 0 Å². The lowest BCUT2D eigenvalue weighted by atomic mass is 9.61. The van der Waals surface area contributed by atoms with Crippen LogP contribution >= 0.6 is 0 Å². The van der Waals surface area contributed by atoms with Crippen LogP contribution in [0, 0.1) is 12.3 Å². The van der Waals surface area contributed by atoms with Crippen molar-refractivity contribution in [2.24, 2.45) is 10.4 Å². The Balaban J connectivity index is 2.16. The number of nitrogen functional groups attached to an aromatic ring is 1. The van der Waals surface area contributed by atoms with E-state index in [2.05, 4.69) is 33.4 Å². The highest BCUT2D eigenvalue weighted by atomic mass is 14.7. The third-order valence-corrected chi connectivity index (χ3v) is 5.17. The van der Waals surface area contributed by atoms with E-state index < -0.39 is 0 Å². The van der Waals surface area contributed by atoms with E-state index in [4.69, 9.17) is 10.7 Å². The molecule has 2 rings (SSSR count). The Kier molecular flexibility index (Phi) is 5.81. The number of hydrogen-bond donors (Lipinski definition) is 1. The fourth-order valence-corrected chi connectivity index (χ4v) is 3.75. The van der Waals surface area contributed by atoms with Gasteiger partial charge in [-0.05, 0) is 67.4 Å². The third-order valence-electron chi connectivity index (χ3n) is 5.17. The SMILES string of the molecule is C=C/C(=C(/C)N=CCc1cc(N)ccc1C)C1(CCC)CCC1. The summed E-state index contributed by atoms with van der Waals surface area (Å²) in [5.74, 6) is 0. The topological polar surface area (TPSA) is 38.4 Å². The predicted octanol–water partition coefficient (Wildman–Crippen LogP) is 5.62. The average molecular weight is 310 g/mol. The molecule has 1 aliphatic rings. The molecule has 2 N–H and O–H groups in total. The second-order valence-corrected chi connectivity index (χ2v) is 6.79. The van der Waals surface area contributed by atoms with Gasteiger partial charge >= 0.3 is 0 Å². The number of anilines is 1. The Labute approximate surface area is 141 Å². The highest BCUT2D eigenvalue weighted by Crippen LogP contribution is 2.51. The first kappa shape index (κ1) is 17.5. The van der Waals surface area contributed by atoms with Gasteiger partial charge < -0.3 is 5.73 Å². The van der Waals surface area contributed by atoms with Gasteiger partial charge in [0.1, 0.15) is 0 Å². The Morgan fingerprint density at radius 3 is 2.70 bits per heavy atom. The highest BCUT2D eigenvalue weighted by molar-refractivity contribution is 5.65. The van der Waals surface area contributed by atoms with Gasteiger partial charge in [0, 0.05) is 24.0 Å². The first-order valence-electron chi connectivity index (χ1n) is 8.74. The minimum absolute atomic E-state index is 0.338. The standard InChI is InChI=1S/C21H30N2/c1-5-11-21(12-7-13-21)20(6-2)17(4)23-14-10-18-15-19(22)9-8-16(18)3/h6,8-9,14-15H,2,5,7,10-13,22H2,1,3-4H3/b20-17+,23-14?. The molecule has 0 saturated heterocycles. The number of nitrogens with zero attached hydrogens (tertiary/aromatic N) is 1. The Morgan fingerprint density at radius 2 is 2.13 bits per heavy atom. The number of benzene rings is 1. The molecule has 0 radical (unpaired) electrons. The summed E-state index contributed by atoms with van der Waals surface area (Å²) < 4.78 is 0. The lowest BCUT2D eigenvalue weighted by Gasteiger charge is -2.43. The first-order valence-corrected chi connectivity index (χ1v) is 8.74. The summed E-state index contributed by atoms with van der Waals surface area (Å²) >= 11 is 0. The molecule has 0 spiro atoms. The zero-order chi connectivity index (χ0) is 16.9. The summed E-state index contributed by atoms with van der Waals surface area (Å²) in [6.07, 6.45) is 11.2. The number of allylic oxidation sites excluding steroid dienone is 3. The molecular weight excluding hydrogens is 280 g/mol. The van der Waals surface area contributed by atoms with Gasteiger partial charge in [-0.15, -0.1) is 0 Å². The molecule has 1 saturated carbocycles. The Morgan fingerprint density at radius 1 is 1.39 bits per heavy atom. The van der Waals surface area contributed by atoms with Gasteiger partial charge in [0.15, 0.2) is 0 Å². The molecule has 23 heavy (non-hydrogen) atoms. The van der Waals surface area contributed by atoms with Crippen LogP contribution in [0.1, 0.15) is 57.1 Å². The molecule has 124 valence electrons. The minimum Gasteiger partial charge on any atom is -0.399 e. The van der Waals surface area contributed by atoms with E-state index in [9.17, 15) is 0 Å². The van der Waals surface area contributed by atoms with Crippen molar-refractivity contribution in [1.29, 1.82) is 0 Å². The number of nitrogens with two attached hydrogens (primary N) is 1. The largest absolute Gasteiger partial charge is 0.399 e. The lowest BCUT2D eigenvalue weighted by molar-refractivity contribution is 0.172. The monoisotopic (exact) mass is 310 g/mol. The van der Waals surface area contributed by atoms with E-state index in [1.165, 1.54) is 48.8 Å². The minimum atomic E-state index is 0.338. The maximum absolute atomic E-state index is 5.88. The normalized spacial score (nSPS) is 17.7. The van der Waals surface area contributed by atoms with E-state index in [0.29, 0.717) is 5.41 Å². The summed E-state index contributed by atoms with van der Waals surface area (Å²) in [7, 11) is 0. The molecule has 0 aromatic heterocycles. The fourth-order valence-electron chi connectivity index (χ4n) is 3.75. The smallest absolute Gasteiger partial charge is 0.0406 e. The average Bonchev–Trinajstić information content (AvgIpc) is 2.49. The van der Waals surface area contributed by atoms with Crippen molar-refractivity contribution in [3.8, 4) is 0 Å². The molecule has 2 nitrogen and oxygen atoms in total. The van der Waals surface area contributed by atoms with Crippen molar-refractivity contribution in [3.05, 3.63) is 53.3 Å². The summed E-state index contributed by atoms with van der Waals surface area (Å²) in [4.78, 5) is 4.73. The maximum atomic E-state index is 5.88. The van der Waals surface area contributed by atoms with E-state index >= 15 is 0 Å². The molecule has 0 amide bonds. The van der Waals surface area contributed by atoms with Crippen LogP contribution in [0.4, 0.5) is 5.69 Å². The molecule has 0 heterocycles. The van der Waals surface area contributed by atoms with Crippen LogP contribution in [-0.2, 0) is 6.42 Å². The van der Waals surface area contributed by atoms with Crippen LogP contribution < -0.4 is 5.73 Å². The molecule has 1 aromatic rings. The molecular formula is C21H30N2. The summed E-state index contributed by atoms with van der Waals surface area (Å²) in [6, 6.07) is 6.06. The first-order chi connectivity index (χ1) is 11.0. The second kappa shape index (κ2) is 7.63. The Bertz CT molecular complexity index is 619. The number of hydrogen-bond acceptors (Lipinski definition) is 2. The van der Waals surface area contributed by atoms with Crippen LogP contribution in [0.3, 0.4) is 0 Å². The molecule has 1 aromatic carbocycles. The zero-order valence-corrected chi connectivity index (χ0v) is 14.9. The van der Waals surface area contributed by atoms with Gasteiger partial charge in [0.05, 0.1) is 0 Å². The van der Waals surface area contributed by atoms with Crippen LogP contribution in [0.15, 0.2) is 47.1 Å². The van der Waals surface area contributed by atoms with Gasteiger partial charge in [-0.3, -0.25) is 4.99 Å². The molecule has 1 aliphatic carbocycles. The lowest BCUT2D eigenvalue weighted by Crippen LogP contribution is -2.31. The highest BCUT2D eigenvalue weighted by Gasteiger charge is 2.39. The zero-order valence-electron chi connectivity index (χ0n) is 14.9. The number of aliphatic imine (C=N–C) groups is 1. The molecule has 2 heteroatoms. The third kappa shape index (κ3) is 3.93. The number of aryl methyl sites for hydroxylation is 1. The quantitative estimate of drug-likeness (QED) is 0.396. The summed E-state index contributed by atoms with van der Waals surface area (Å²) in [5.41, 5.74) is 12.0. The summed E-state index contributed by atoms with van der Waals surface area (Å²) in [6.45, 7) is 10.6. The summed E-state index contributed by atoms with van der Waals surface area (Å²) in [5, 5.41) is 0. The van der Waals surface area contributed by atoms with Crippen LogP contribution in [-0.4, -0.2) is 6.21 Å². The van der Waals surface area contributed by atoms with Crippen molar-refractivity contribution >= 4 is 11.9 Å². The van der Waals surface area contributed by atoms with Crippen molar-refractivity contribution in [2.45, 2.75) is 59.3 Å². The van der Waals surface area contributed by atoms with Crippen LogP contribution in [0.2, 0.25) is 0 Å². The van der Waals surface area contributed by atoms with E-state index in [0.717, 1.165) is 17.8 Å². The van der Waals surface area contributed by atoms with Gasteiger partial charge in [-0.1, -0.05) is 38.5 Å². The van der Waals surface area contributed by atoms with Crippen molar-refractivity contribution < 1.29 is 0 Å². The van der Waals surface area contributed by atoms with E-state index in [-0.39, 0.29) is 0 Å². The van der Waals surface area contributed by atoms with E-state index in [1.807, 2.05) is 24.4 Å². The predicted molar refractivity (Wildman–Crippen MR) is 102 cm³/mol. The van der Waals surface area contributed by atoms with Crippen molar-refractivity contribution in [3.63, 3.8) is 0 Å². The van der Waals surface area contributed by atoms with Gasteiger partial charge in [-0.2, -0.15) is 0 Å². The van der Waals surface area contributed by atoms with Crippen LogP contribution in [0.25, 0.3) is 0 Å². The Hall–Kier alpha value is -1.83.